The van der Waals surface area contributed by atoms with Crippen molar-refractivity contribution < 1.29 is 23.0 Å². The highest BCUT2D eigenvalue weighted by Crippen LogP contribution is 2.41. The predicted octanol–water partition coefficient (Wildman–Crippen LogP) is 3.22. The van der Waals surface area contributed by atoms with Crippen LogP contribution in [0.3, 0.4) is 0 Å². The zero-order chi connectivity index (χ0) is 15.3. The Kier molecular flexibility index (Phi) is 4.10. The zero-order valence-corrected chi connectivity index (χ0v) is 14.5. The van der Waals surface area contributed by atoms with Crippen molar-refractivity contribution in [3.63, 3.8) is 0 Å². The summed E-state index contributed by atoms with van der Waals surface area (Å²) in [5.41, 5.74) is 0. The fraction of sp³-hybridized carbons (Fsp3) is 1.00. The molecule has 118 valence electrons. The van der Waals surface area contributed by atoms with Gasteiger partial charge in [0.05, 0.1) is 6.61 Å². The van der Waals surface area contributed by atoms with Crippen LogP contribution in [0.25, 0.3) is 0 Å². The Labute approximate surface area is 122 Å². The second-order valence-corrected chi connectivity index (χ2v) is 12.5. The third-order valence-corrected chi connectivity index (χ3v) is 9.01. The van der Waals surface area contributed by atoms with Crippen molar-refractivity contribution in [1.29, 1.82) is 0 Å². The molecule has 6 heteroatoms. The zero-order valence-electron chi connectivity index (χ0n) is 13.5. The van der Waals surface area contributed by atoms with E-state index in [2.05, 4.69) is 33.9 Å². The lowest BCUT2D eigenvalue weighted by molar-refractivity contribution is -0.206. The minimum Gasteiger partial charge on any atom is -0.414 e. The molecule has 0 radical (unpaired) electrons. The Hall–Kier alpha value is -0.0131. The molecule has 0 aromatic heterocycles. The summed E-state index contributed by atoms with van der Waals surface area (Å²) >= 11 is 0. The number of halogens is 1. The predicted molar refractivity (Wildman–Crippen MR) is 76.7 cm³/mol. The van der Waals surface area contributed by atoms with E-state index < -0.39 is 32.7 Å². The molecule has 2 rings (SSSR count). The maximum Gasteiger partial charge on any atom is 0.228 e. The van der Waals surface area contributed by atoms with Crippen LogP contribution in [0.15, 0.2) is 0 Å². The average molecular weight is 306 g/mol. The fourth-order valence-corrected chi connectivity index (χ4v) is 3.28. The standard InChI is InChI=1S/C14H27FO4Si/c1-13(2,3)20(6,7)16-8-9-10-11(12(15)17-9)19-14(4,5)18-10/h9-12H,8H2,1-7H3/t9-,10-,11-,12-/m1/s1. The SMILES string of the molecule is CC1(C)O[C@@H]2[C@H](O1)[C@@H](CO[Si](C)(C)C(C)(C)C)O[C@H]2F. The molecular weight excluding hydrogens is 279 g/mol. The first-order valence-corrected chi connectivity index (χ1v) is 10.1. The van der Waals surface area contributed by atoms with Gasteiger partial charge in [-0.15, -0.1) is 0 Å². The third-order valence-electron chi connectivity index (χ3n) is 4.51. The molecule has 0 aromatic carbocycles. The van der Waals surface area contributed by atoms with Gasteiger partial charge in [-0.1, -0.05) is 20.8 Å². The normalized spacial score (nSPS) is 37.2. The quantitative estimate of drug-likeness (QED) is 0.750. The van der Waals surface area contributed by atoms with Crippen molar-refractivity contribution in [2.24, 2.45) is 0 Å². The summed E-state index contributed by atoms with van der Waals surface area (Å²) in [6.45, 7) is 14.8. The van der Waals surface area contributed by atoms with Gasteiger partial charge in [-0.25, -0.2) is 4.39 Å². The molecule has 4 atom stereocenters. The average Bonchev–Trinajstić information content (AvgIpc) is 2.70. The summed E-state index contributed by atoms with van der Waals surface area (Å²) in [5, 5.41) is 0.117. The van der Waals surface area contributed by atoms with Gasteiger partial charge in [0.2, 0.25) is 6.36 Å². The molecular formula is C14H27FO4Si. The maximum atomic E-state index is 13.9. The number of ether oxygens (including phenoxy) is 3. The molecule has 0 aliphatic carbocycles. The Bertz CT molecular complexity index is 367. The molecule has 0 N–H and O–H groups in total. The van der Waals surface area contributed by atoms with Crippen molar-refractivity contribution in [3.8, 4) is 0 Å². The van der Waals surface area contributed by atoms with Crippen molar-refractivity contribution in [2.45, 2.75) is 83.2 Å². The van der Waals surface area contributed by atoms with Gasteiger partial charge in [0, 0.05) is 0 Å². The highest BCUT2D eigenvalue weighted by atomic mass is 28.4. The number of hydrogen-bond acceptors (Lipinski definition) is 4. The molecule has 0 spiro atoms. The maximum absolute atomic E-state index is 13.9. The number of fused-ring (bicyclic) bond motifs is 1. The van der Waals surface area contributed by atoms with Gasteiger partial charge in [-0.3, -0.25) is 0 Å². The van der Waals surface area contributed by atoms with Crippen molar-refractivity contribution in [3.05, 3.63) is 0 Å². The van der Waals surface area contributed by atoms with Gasteiger partial charge in [0.1, 0.15) is 18.3 Å². The van der Waals surface area contributed by atoms with Crippen LogP contribution in [0.2, 0.25) is 18.1 Å². The van der Waals surface area contributed by atoms with Gasteiger partial charge < -0.3 is 18.6 Å². The Morgan fingerprint density at radius 1 is 1.15 bits per heavy atom. The van der Waals surface area contributed by atoms with Crippen LogP contribution >= 0.6 is 0 Å². The summed E-state index contributed by atoms with van der Waals surface area (Å²) < 4.78 is 36.6. The van der Waals surface area contributed by atoms with Crippen LogP contribution in [0.5, 0.6) is 0 Å². The van der Waals surface area contributed by atoms with Gasteiger partial charge >= 0.3 is 0 Å². The van der Waals surface area contributed by atoms with E-state index in [0.29, 0.717) is 6.61 Å². The molecule has 0 amide bonds. The highest BCUT2D eigenvalue weighted by molar-refractivity contribution is 6.74. The first-order valence-electron chi connectivity index (χ1n) is 7.22. The van der Waals surface area contributed by atoms with Crippen LogP contribution in [-0.2, 0) is 18.6 Å². The number of alkyl halides is 1. The van der Waals surface area contributed by atoms with E-state index in [4.69, 9.17) is 18.6 Å². The summed E-state index contributed by atoms with van der Waals surface area (Å²) in [6.07, 6.45) is -2.86. The van der Waals surface area contributed by atoms with Crippen molar-refractivity contribution >= 4 is 8.32 Å². The number of rotatable bonds is 3. The lowest BCUT2D eigenvalue weighted by Crippen LogP contribution is -2.44. The third kappa shape index (κ3) is 3.09. The van der Waals surface area contributed by atoms with Crippen LogP contribution < -0.4 is 0 Å². The minimum atomic E-state index is -1.87. The molecule has 0 saturated carbocycles. The fourth-order valence-electron chi connectivity index (χ4n) is 2.27. The molecule has 0 unspecified atom stereocenters. The summed E-state index contributed by atoms with van der Waals surface area (Å²) in [7, 11) is -1.87. The topological polar surface area (TPSA) is 36.9 Å². The minimum absolute atomic E-state index is 0.117. The van der Waals surface area contributed by atoms with Crippen molar-refractivity contribution in [2.75, 3.05) is 6.61 Å². The largest absolute Gasteiger partial charge is 0.414 e. The molecule has 2 fully saturated rings. The van der Waals surface area contributed by atoms with E-state index in [-0.39, 0.29) is 11.1 Å². The molecule has 0 aromatic rings. The molecule has 2 aliphatic rings. The second kappa shape index (κ2) is 5.02. The molecule has 2 heterocycles. The summed E-state index contributed by atoms with van der Waals surface area (Å²) in [6, 6.07) is 0. The summed E-state index contributed by atoms with van der Waals surface area (Å²) in [4.78, 5) is 0. The van der Waals surface area contributed by atoms with E-state index in [9.17, 15) is 4.39 Å². The Morgan fingerprint density at radius 3 is 2.25 bits per heavy atom. The first-order chi connectivity index (χ1) is 8.93. The monoisotopic (exact) mass is 306 g/mol. The lowest BCUT2D eigenvalue weighted by atomic mass is 10.1. The van der Waals surface area contributed by atoms with Crippen LogP contribution in [-0.4, -0.2) is 45.4 Å². The molecule has 2 aliphatic heterocycles. The number of hydrogen-bond donors (Lipinski definition) is 0. The molecule has 4 nitrogen and oxygen atoms in total. The van der Waals surface area contributed by atoms with E-state index in [1.54, 1.807) is 13.8 Å². The molecule has 2 saturated heterocycles. The molecule has 0 bridgehead atoms. The van der Waals surface area contributed by atoms with E-state index >= 15 is 0 Å². The lowest BCUT2D eigenvalue weighted by Gasteiger charge is -2.37. The van der Waals surface area contributed by atoms with Crippen molar-refractivity contribution in [1.82, 2.24) is 0 Å². The Morgan fingerprint density at radius 2 is 1.70 bits per heavy atom. The smallest absolute Gasteiger partial charge is 0.228 e. The first kappa shape index (κ1) is 16.4. The van der Waals surface area contributed by atoms with Gasteiger partial charge in [-0.2, -0.15) is 0 Å². The Balaban J connectivity index is 1.98. The highest BCUT2D eigenvalue weighted by Gasteiger charge is 2.56. The van der Waals surface area contributed by atoms with E-state index in [0.717, 1.165) is 0 Å². The van der Waals surface area contributed by atoms with Crippen LogP contribution in [0.1, 0.15) is 34.6 Å². The van der Waals surface area contributed by atoms with Gasteiger partial charge in [0.15, 0.2) is 14.1 Å². The van der Waals surface area contributed by atoms with Crippen LogP contribution in [0, 0.1) is 0 Å². The molecule has 20 heavy (non-hydrogen) atoms. The van der Waals surface area contributed by atoms with Gasteiger partial charge in [0.25, 0.3) is 0 Å². The van der Waals surface area contributed by atoms with Crippen LogP contribution in [0.4, 0.5) is 4.39 Å². The van der Waals surface area contributed by atoms with E-state index in [1.165, 1.54) is 0 Å². The van der Waals surface area contributed by atoms with Gasteiger partial charge in [-0.05, 0) is 32.0 Å². The van der Waals surface area contributed by atoms with E-state index in [1.807, 2.05) is 0 Å². The summed E-state index contributed by atoms with van der Waals surface area (Å²) in [5.74, 6) is -0.751. The second-order valence-electron chi connectivity index (χ2n) is 7.66.